The van der Waals surface area contributed by atoms with Gasteiger partial charge in [-0.05, 0) is 45.1 Å². The van der Waals surface area contributed by atoms with Gasteiger partial charge in [-0.1, -0.05) is 170 Å². The topological polar surface area (TPSA) is 17.8 Å². The van der Waals surface area contributed by atoms with Crippen LogP contribution in [0.2, 0.25) is 0 Å². The summed E-state index contributed by atoms with van der Waals surface area (Å²) in [6.07, 6.45) is 10.7. The molecule has 44 heavy (non-hydrogen) atoms. The number of aromatic nitrogens is 2. The van der Waals surface area contributed by atoms with Crippen molar-refractivity contribution in [3.8, 4) is 0 Å². The average molecular weight is 586 g/mol. The van der Waals surface area contributed by atoms with Gasteiger partial charge in [0.1, 0.15) is 0 Å². The lowest BCUT2D eigenvalue weighted by molar-refractivity contribution is 0.795. The van der Waals surface area contributed by atoms with Crippen molar-refractivity contribution in [3.63, 3.8) is 0 Å². The maximum absolute atomic E-state index is 4.94. The van der Waals surface area contributed by atoms with Crippen molar-refractivity contribution < 1.29 is 0 Å². The lowest BCUT2D eigenvalue weighted by Crippen LogP contribution is -2.70. The first-order valence-electron chi connectivity index (χ1n) is 15.6. The van der Waals surface area contributed by atoms with Gasteiger partial charge >= 0.3 is 0 Å². The average Bonchev–Trinajstić information content (AvgIpc) is 3.53. The fraction of sp³-hybridized carbons (Fsp3) is 0.125. The molecule has 2 nitrogen and oxygen atoms in total. The summed E-state index contributed by atoms with van der Waals surface area (Å²) in [6.45, 7) is 2.27. The Morgan fingerprint density at radius 1 is 0.705 bits per heavy atom. The molecule has 1 heterocycles. The van der Waals surface area contributed by atoms with Crippen LogP contribution in [0.3, 0.4) is 0 Å². The van der Waals surface area contributed by atoms with Gasteiger partial charge in [-0.2, -0.15) is 0 Å². The van der Waals surface area contributed by atoms with E-state index in [1.165, 1.54) is 45.1 Å². The van der Waals surface area contributed by atoms with Crippen molar-refractivity contribution >= 4 is 48.2 Å². The molecule has 6 aromatic rings. The van der Waals surface area contributed by atoms with E-state index in [0.717, 1.165) is 23.8 Å². The van der Waals surface area contributed by atoms with E-state index < -0.39 is 8.07 Å². The van der Waals surface area contributed by atoms with Crippen LogP contribution in [0.4, 0.5) is 0 Å². The molecule has 0 aliphatic heterocycles. The molecule has 0 atom stereocenters. The third kappa shape index (κ3) is 6.61. The maximum atomic E-state index is 4.94. The Bertz CT molecular complexity index is 1740. The number of unbranched alkanes of at least 4 members (excludes halogenated alkanes) is 1. The number of nitrogens with zero attached hydrogens (tertiary/aromatic N) is 2. The minimum absolute atomic E-state index is 0.845. The fourth-order valence-electron chi connectivity index (χ4n) is 6.15. The zero-order valence-corrected chi connectivity index (χ0v) is 26.4. The molecule has 4 heteroatoms. The highest BCUT2D eigenvalue weighted by Gasteiger charge is 2.40. The fourth-order valence-corrected chi connectivity index (χ4v) is 10.8. The predicted molar refractivity (Wildman–Crippen MR) is 191 cm³/mol. The molecule has 1 radical (unpaired) electrons. The number of imidazole rings is 1. The molecule has 0 bridgehead atoms. The Balaban J connectivity index is 1.48. The second-order valence-corrected chi connectivity index (χ2v) is 15.2. The number of hydrogen-bond donors (Lipinski definition) is 0. The van der Waals surface area contributed by atoms with E-state index >= 15 is 0 Å². The van der Waals surface area contributed by atoms with Crippen LogP contribution < -0.4 is 21.3 Å². The number of rotatable bonds is 12. The zero-order valence-electron chi connectivity index (χ0n) is 25.4. The number of hydrogen-bond acceptors (Lipinski definition) is 1. The summed E-state index contributed by atoms with van der Waals surface area (Å²) in [6, 6.07) is 52.9. The predicted octanol–water partition coefficient (Wildman–Crippen LogP) is 6.46. The van der Waals surface area contributed by atoms with Crippen molar-refractivity contribution in [1.82, 2.24) is 9.55 Å². The summed E-state index contributed by atoms with van der Waals surface area (Å²) >= 11 is 0. The van der Waals surface area contributed by atoms with Gasteiger partial charge in [-0.3, -0.25) is 4.98 Å². The Morgan fingerprint density at radius 3 is 1.93 bits per heavy atom. The van der Waals surface area contributed by atoms with Crippen molar-refractivity contribution in [1.29, 1.82) is 0 Å². The Morgan fingerprint density at radius 2 is 1.30 bits per heavy atom. The SMILES string of the molecule is CCCCc1cccc([Si](Cn2ccnc2[B]C(=Cc2ccccc2)c2ccccc2)(c2ccccc2)c2ccccc2)c1. The standard InChI is InChI=1S/C40H38BN2Si/c1-2-3-17-33-20-16-27-38(30-33)44(36-23-12-6-13-24-36,37-25-14-7-15-26-37)32-43-29-28-42-40(43)41-39(35-21-10-5-11-22-35)31-34-18-8-4-9-19-34/h4-16,18-31H,2-3,17,32H2,1H3. The molecular formula is C40H38BN2Si. The molecule has 5 aromatic carbocycles. The van der Waals surface area contributed by atoms with Gasteiger partial charge in [-0.15, -0.1) is 0 Å². The van der Waals surface area contributed by atoms with Gasteiger partial charge < -0.3 is 4.57 Å². The van der Waals surface area contributed by atoms with Crippen molar-refractivity contribution in [2.75, 3.05) is 0 Å². The second kappa shape index (κ2) is 14.2. The van der Waals surface area contributed by atoms with Crippen molar-refractivity contribution in [2.45, 2.75) is 32.4 Å². The van der Waals surface area contributed by atoms with Crippen molar-refractivity contribution in [3.05, 3.63) is 175 Å². The first-order valence-corrected chi connectivity index (χ1v) is 17.9. The molecule has 0 saturated heterocycles. The second-order valence-electron chi connectivity index (χ2n) is 11.4. The van der Waals surface area contributed by atoms with Gasteiger partial charge in [0.05, 0.1) is 5.72 Å². The third-order valence-electron chi connectivity index (χ3n) is 8.44. The van der Waals surface area contributed by atoms with Crippen molar-refractivity contribution in [2.24, 2.45) is 0 Å². The van der Waals surface area contributed by atoms with Crippen LogP contribution in [0.15, 0.2) is 158 Å². The molecule has 0 unspecified atom stereocenters. The summed E-state index contributed by atoms with van der Waals surface area (Å²) < 4.78 is 2.38. The summed E-state index contributed by atoms with van der Waals surface area (Å²) in [5.74, 6) is 0. The first kappa shape index (κ1) is 29.4. The highest BCUT2D eigenvalue weighted by molar-refractivity contribution is 7.10. The first-order chi connectivity index (χ1) is 21.8. The van der Waals surface area contributed by atoms with Crippen LogP contribution in [-0.4, -0.2) is 24.9 Å². The Hall–Kier alpha value is -4.67. The molecule has 6 rings (SSSR count). The molecule has 1 aromatic heterocycles. The number of benzene rings is 5. The van der Waals surface area contributed by atoms with E-state index in [9.17, 15) is 0 Å². The van der Waals surface area contributed by atoms with Crippen LogP contribution >= 0.6 is 0 Å². The number of aryl methyl sites for hydroxylation is 1. The van der Waals surface area contributed by atoms with Gasteiger partial charge in [0.2, 0.25) is 7.28 Å². The molecular weight excluding hydrogens is 547 g/mol. The van der Waals surface area contributed by atoms with E-state index in [4.69, 9.17) is 4.98 Å². The Labute approximate surface area is 264 Å². The van der Waals surface area contributed by atoms with Crippen LogP contribution in [-0.2, 0) is 12.6 Å². The van der Waals surface area contributed by atoms with Gasteiger partial charge in [0.25, 0.3) is 0 Å². The third-order valence-corrected chi connectivity index (χ3v) is 13.2. The summed E-state index contributed by atoms with van der Waals surface area (Å²) in [4.78, 5) is 4.94. The maximum Gasteiger partial charge on any atom is 0.241 e. The van der Waals surface area contributed by atoms with Crippen LogP contribution in [0.5, 0.6) is 0 Å². The minimum atomic E-state index is -2.55. The summed E-state index contributed by atoms with van der Waals surface area (Å²) in [5, 5.41) is 4.24. The summed E-state index contributed by atoms with van der Waals surface area (Å²) in [5.41, 5.74) is 5.85. The largest absolute Gasteiger partial charge is 0.345 e. The van der Waals surface area contributed by atoms with E-state index in [-0.39, 0.29) is 0 Å². The smallest absolute Gasteiger partial charge is 0.241 e. The monoisotopic (exact) mass is 585 g/mol. The van der Waals surface area contributed by atoms with Gasteiger partial charge in [0.15, 0.2) is 8.07 Å². The molecule has 215 valence electrons. The molecule has 0 N–H and O–H groups in total. The van der Waals surface area contributed by atoms with E-state index in [2.05, 4.69) is 177 Å². The van der Waals surface area contributed by atoms with E-state index in [1.807, 2.05) is 6.20 Å². The Kier molecular flexibility index (Phi) is 9.49. The normalized spacial score (nSPS) is 11.8. The molecule has 0 saturated carbocycles. The van der Waals surface area contributed by atoms with E-state index in [1.54, 1.807) is 0 Å². The molecule has 0 amide bonds. The zero-order chi connectivity index (χ0) is 30.0. The molecule has 0 fully saturated rings. The highest BCUT2D eigenvalue weighted by atomic mass is 28.3. The quantitative estimate of drug-likeness (QED) is 0.0916. The van der Waals surface area contributed by atoms with Crippen LogP contribution in [0.25, 0.3) is 11.5 Å². The van der Waals surface area contributed by atoms with Gasteiger partial charge in [-0.25, -0.2) is 0 Å². The van der Waals surface area contributed by atoms with E-state index in [0.29, 0.717) is 0 Å². The van der Waals surface area contributed by atoms with Crippen LogP contribution in [0.1, 0.15) is 36.5 Å². The molecule has 0 spiro atoms. The summed E-state index contributed by atoms with van der Waals surface area (Å²) in [7, 11) is -0.306. The molecule has 0 aliphatic carbocycles. The minimum Gasteiger partial charge on any atom is -0.345 e. The van der Waals surface area contributed by atoms with Gasteiger partial charge in [0, 0.05) is 18.6 Å². The highest BCUT2D eigenvalue weighted by Crippen LogP contribution is 2.18. The van der Waals surface area contributed by atoms with Crippen LogP contribution in [0, 0.1) is 0 Å². The lowest BCUT2D eigenvalue weighted by Gasteiger charge is -2.35. The lowest BCUT2D eigenvalue weighted by atomic mass is 9.65. The molecule has 0 aliphatic rings.